The maximum absolute atomic E-state index is 13.7. The van der Waals surface area contributed by atoms with Crippen molar-refractivity contribution in [3.63, 3.8) is 0 Å². The van der Waals surface area contributed by atoms with Crippen LogP contribution in [0.5, 0.6) is 5.75 Å². The molecule has 1 saturated heterocycles. The molecule has 0 saturated carbocycles. The first-order valence-corrected chi connectivity index (χ1v) is 11.0. The summed E-state index contributed by atoms with van der Waals surface area (Å²) in [6.07, 6.45) is 3.93. The van der Waals surface area contributed by atoms with Gasteiger partial charge < -0.3 is 14.9 Å². The van der Waals surface area contributed by atoms with Crippen LogP contribution in [0.2, 0.25) is 0 Å². The van der Waals surface area contributed by atoms with Gasteiger partial charge in [-0.1, -0.05) is 36.4 Å². The number of hydrogen-bond donors (Lipinski definition) is 2. The quantitative estimate of drug-likeness (QED) is 0.504. The van der Waals surface area contributed by atoms with Crippen LogP contribution in [-0.4, -0.2) is 69.2 Å². The zero-order valence-corrected chi connectivity index (χ0v) is 18.4. The lowest BCUT2D eigenvalue weighted by atomic mass is 10.0. The van der Waals surface area contributed by atoms with Gasteiger partial charge in [-0.15, -0.1) is 0 Å². The number of piperazine rings is 1. The lowest BCUT2D eigenvalue weighted by molar-refractivity contribution is 0.0666. The second-order valence-electron chi connectivity index (χ2n) is 8.28. The van der Waals surface area contributed by atoms with Gasteiger partial charge in [0.2, 0.25) is 0 Å². The number of amides is 1. The first kappa shape index (κ1) is 20.9. The number of phenolic OH excluding ortho intramolecular Hbond substituents is 1. The minimum Gasteiger partial charge on any atom is -0.508 e. The number of benzene rings is 2. The van der Waals surface area contributed by atoms with Crippen LogP contribution in [0.3, 0.4) is 0 Å². The number of nitrogens with zero attached hydrogens (tertiary/aromatic N) is 4. The summed E-state index contributed by atoms with van der Waals surface area (Å²) in [5.74, 6) is 0.160. The molecule has 166 valence electrons. The van der Waals surface area contributed by atoms with E-state index in [0.29, 0.717) is 35.4 Å². The smallest absolute Gasteiger partial charge is 0.254 e. The number of aromatic hydroxyl groups is 1. The third kappa shape index (κ3) is 4.36. The van der Waals surface area contributed by atoms with Gasteiger partial charge in [0.25, 0.3) is 5.91 Å². The Hall–Kier alpha value is -3.97. The Morgan fingerprint density at radius 3 is 2.45 bits per heavy atom. The summed E-state index contributed by atoms with van der Waals surface area (Å²) in [5.41, 5.74) is 4.33. The van der Waals surface area contributed by atoms with Crippen LogP contribution in [0.4, 0.5) is 0 Å². The molecule has 2 aromatic carbocycles. The van der Waals surface area contributed by atoms with E-state index in [1.807, 2.05) is 53.5 Å². The van der Waals surface area contributed by atoms with Gasteiger partial charge in [0.05, 0.1) is 22.3 Å². The van der Waals surface area contributed by atoms with E-state index in [2.05, 4.69) is 22.1 Å². The van der Waals surface area contributed by atoms with Crippen LogP contribution < -0.4 is 0 Å². The molecular weight excluding hydrogens is 414 g/mol. The Morgan fingerprint density at radius 1 is 1.00 bits per heavy atom. The molecule has 0 unspecified atom stereocenters. The van der Waals surface area contributed by atoms with E-state index < -0.39 is 0 Å². The zero-order valence-electron chi connectivity index (χ0n) is 18.4. The first-order chi connectivity index (χ1) is 16.1. The second-order valence-corrected chi connectivity index (χ2v) is 8.28. The standard InChI is InChI=1S/C26H25N5O2/c1-30-13-15-31(16-14-30)26(33)21-17-23(19-8-10-20(32)11-9-19)27-25-24(21)22(28-29-25)12-7-18-5-3-2-4-6-18/h2-12,17,32H,13-16H2,1H3,(H,27,28,29). The van der Waals surface area contributed by atoms with Crippen LogP contribution in [0.1, 0.15) is 21.6 Å². The molecule has 0 aliphatic carbocycles. The third-order valence-corrected chi connectivity index (χ3v) is 5.98. The molecule has 5 rings (SSSR count). The molecule has 2 aromatic heterocycles. The molecule has 0 spiro atoms. The average Bonchev–Trinajstić information content (AvgIpc) is 3.26. The van der Waals surface area contributed by atoms with E-state index in [0.717, 1.165) is 29.9 Å². The Morgan fingerprint density at radius 2 is 1.73 bits per heavy atom. The molecule has 4 aromatic rings. The minimum absolute atomic E-state index is 0.0220. The molecule has 3 heterocycles. The summed E-state index contributed by atoms with van der Waals surface area (Å²) >= 11 is 0. The Bertz CT molecular complexity index is 1300. The maximum Gasteiger partial charge on any atom is 0.254 e. The van der Waals surface area contributed by atoms with Crippen molar-refractivity contribution in [1.29, 1.82) is 0 Å². The van der Waals surface area contributed by atoms with Crippen LogP contribution >= 0.6 is 0 Å². The number of carbonyl (C=O) groups is 1. The summed E-state index contributed by atoms with van der Waals surface area (Å²) in [6.45, 7) is 3.05. The Kier molecular flexibility index (Phi) is 5.62. The third-order valence-electron chi connectivity index (χ3n) is 5.98. The van der Waals surface area contributed by atoms with Crippen LogP contribution in [-0.2, 0) is 0 Å². The van der Waals surface area contributed by atoms with E-state index in [4.69, 9.17) is 4.98 Å². The van der Waals surface area contributed by atoms with Crippen molar-refractivity contribution in [3.8, 4) is 17.0 Å². The molecule has 0 bridgehead atoms. The number of pyridine rings is 1. The largest absolute Gasteiger partial charge is 0.508 e. The monoisotopic (exact) mass is 439 g/mol. The Balaban J connectivity index is 1.61. The van der Waals surface area contributed by atoms with Crippen molar-refractivity contribution in [2.75, 3.05) is 33.2 Å². The van der Waals surface area contributed by atoms with Gasteiger partial charge in [-0.2, -0.15) is 5.10 Å². The topological polar surface area (TPSA) is 85.3 Å². The summed E-state index contributed by atoms with van der Waals surface area (Å²) in [7, 11) is 2.07. The lowest BCUT2D eigenvalue weighted by Crippen LogP contribution is -2.47. The molecule has 1 aliphatic rings. The van der Waals surface area contributed by atoms with Crippen LogP contribution in [0.25, 0.3) is 34.4 Å². The zero-order chi connectivity index (χ0) is 22.8. The minimum atomic E-state index is -0.0220. The second kappa shape index (κ2) is 8.88. The number of fused-ring (bicyclic) bond motifs is 1. The van der Waals surface area contributed by atoms with Crippen molar-refractivity contribution in [1.82, 2.24) is 25.0 Å². The molecule has 7 nitrogen and oxygen atoms in total. The number of carbonyl (C=O) groups excluding carboxylic acids is 1. The summed E-state index contributed by atoms with van der Waals surface area (Å²) in [5, 5.41) is 17.9. The number of phenols is 1. The molecule has 2 N–H and O–H groups in total. The fraction of sp³-hybridized carbons (Fsp3) is 0.192. The van der Waals surface area contributed by atoms with E-state index in [-0.39, 0.29) is 11.7 Å². The van der Waals surface area contributed by atoms with E-state index in [9.17, 15) is 9.90 Å². The number of aromatic amines is 1. The van der Waals surface area contributed by atoms with E-state index in [1.54, 1.807) is 24.3 Å². The van der Waals surface area contributed by atoms with Crippen molar-refractivity contribution in [2.24, 2.45) is 0 Å². The maximum atomic E-state index is 13.7. The predicted octanol–water partition coefficient (Wildman–Crippen LogP) is 3.89. The van der Waals surface area contributed by atoms with Gasteiger partial charge in [-0.25, -0.2) is 4.98 Å². The van der Waals surface area contributed by atoms with Crippen molar-refractivity contribution < 1.29 is 9.90 Å². The number of aromatic nitrogens is 3. The van der Waals surface area contributed by atoms with Gasteiger partial charge >= 0.3 is 0 Å². The number of hydrogen-bond acceptors (Lipinski definition) is 5. The molecule has 1 fully saturated rings. The van der Waals surface area contributed by atoms with Gasteiger partial charge in [-0.3, -0.25) is 9.89 Å². The molecule has 0 radical (unpaired) electrons. The number of rotatable bonds is 4. The van der Waals surface area contributed by atoms with Gasteiger partial charge in [0, 0.05) is 31.7 Å². The number of H-pyrrole nitrogens is 1. The number of nitrogens with one attached hydrogen (secondary N) is 1. The average molecular weight is 440 g/mol. The summed E-state index contributed by atoms with van der Waals surface area (Å²) in [6, 6.07) is 18.6. The van der Waals surface area contributed by atoms with Gasteiger partial charge in [-0.05, 0) is 49.0 Å². The molecule has 1 aliphatic heterocycles. The van der Waals surface area contributed by atoms with Crippen molar-refractivity contribution in [2.45, 2.75) is 0 Å². The highest BCUT2D eigenvalue weighted by Crippen LogP contribution is 2.29. The summed E-state index contributed by atoms with van der Waals surface area (Å²) < 4.78 is 0. The molecular formula is C26H25N5O2. The predicted molar refractivity (Wildman–Crippen MR) is 130 cm³/mol. The van der Waals surface area contributed by atoms with Gasteiger partial charge in [0.15, 0.2) is 5.65 Å². The van der Waals surface area contributed by atoms with Crippen LogP contribution in [0.15, 0.2) is 60.7 Å². The lowest BCUT2D eigenvalue weighted by Gasteiger charge is -2.32. The molecule has 1 amide bonds. The van der Waals surface area contributed by atoms with Crippen molar-refractivity contribution >= 4 is 29.1 Å². The highest BCUT2D eigenvalue weighted by Gasteiger charge is 2.25. The van der Waals surface area contributed by atoms with E-state index in [1.165, 1.54) is 0 Å². The SMILES string of the molecule is CN1CCN(C(=O)c2cc(-c3ccc(O)cc3)nc3n[nH]c(C=Cc4ccccc4)c23)CC1. The molecule has 33 heavy (non-hydrogen) atoms. The van der Waals surface area contributed by atoms with E-state index >= 15 is 0 Å². The van der Waals surface area contributed by atoms with Crippen molar-refractivity contribution in [3.05, 3.63) is 77.5 Å². The number of likely N-dealkylation sites (N-methyl/N-ethyl adjacent to an activating group) is 1. The highest BCUT2D eigenvalue weighted by molar-refractivity contribution is 6.09. The van der Waals surface area contributed by atoms with Crippen LogP contribution in [0, 0.1) is 0 Å². The molecule has 7 heteroatoms. The summed E-state index contributed by atoms with van der Waals surface area (Å²) in [4.78, 5) is 22.5. The Labute approximate surface area is 192 Å². The highest BCUT2D eigenvalue weighted by atomic mass is 16.3. The molecule has 0 atom stereocenters. The fourth-order valence-corrected chi connectivity index (χ4v) is 4.04. The van der Waals surface area contributed by atoms with Gasteiger partial charge in [0.1, 0.15) is 5.75 Å². The fourth-order valence-electron chi connectivity index (χ4n) is 4.04. The normalized spacial score (nSPS) is 14.9. The first-order valence-electron chi connectivity index (χ1n) is 11.0.